The number of piperazine rings is 1. The second-order valence-electron chi connectivity index (χ2n) is 3.91. The number of aryl methyl sites for hydroxylation is 1. The number of carbonyl (C=O) groups excluding carboxylic acids is 1. The van der Waals surface area contributed by atoms with Crippen LogP contribution in [0.3, 0.4) is 0 Å². The van der Waals surface area contributed by atoms with Gasteiger partial charge in [0.15, 0.2) is 0 Å². The molecule has 0 atom stereocenters. The molecule has 1 aliphatic heterocycles. The van der Waals surface area contributed by atoms with E-state index in [0.29, 0.717) is 12.3 Å². The van der Waals surface area contributed by atoms with E-state index < -0.39 is 0 Å². The molecule has 5 nitrogen and oxygen atoms in total. The molecule has 1 aromatic rings. The smallest absolute Gasteiger partial charge is 0.223 e. The zero-order valence-corrected chi connectivity index (χ0v) is 11.3. The normalized spacial score (nSPS) is 16.4. The van der Waals surface area contributed by atoms with E-state index in [1.807, 2.05) is 11.8 Å². The molecule has 0 aliphatic carbocycles. The minimum Gasteiger partial charge on any atom is -0.343 e. The summed E-state index contributed by atoms with van der Waals surface area (Å²) in [5.74, 6) is 0.544. The molecule has 0 radical (unpaired) electrons. The number of carbonyl (C=O) groups is 1. The minimum atomic E-state index is 0.146. The van der Waals surface area contributed by atoms with Crippen molar-refractivity contribution in [2.24, 2.45) is 0 Å². The standard InChI is InChI=1S/C10H15ClN4OS/c1-8-12-13-10(17-8)15-6-4-14(5-7-15)9(16)2-3-11/h2-7H2,1H3. The van der Waals surface area contributed by atoms with Crippen LogP contribution in [-0.4, -0.2) is 53.1 Å². The van der Waals surface area contributed by atoms with Crippen LogP contribution in [0, 0.1) is 6.92 Å². The highest BCUT2D eigenvalue weighted by Crippen LogP contribution is 2.20. The highest BCUT2D eigenvalue weighted by Gasteiger charge is 2.22. The van der Waals surface area contributed by atoms with Crippen molar-refractivity contribution >= 4 is 34.0 Å². The van der Waals surface area contributed by atoms with Gasteiger partial charge in [-0.25, -0.2) is 0 Å². The van der Waals surface area contributed by atoms with Gasteiger partial charge in [-0.05, 0) is 6.92 Å². The Hall–Kier alpha value is -0.880. The summed E-state index contributed by atoms with van der Waals surface area (Å²) < 4.78 is 0. The van der Waals surface area contributed by atoms with E-state index in [-0.39, 0.29) is 5.91 Å². The highest BCUT2D eigenvalue weighted by molar-refractivity contribution is 7.15. The van der Waals surface area contributed by atoms with Crippen LogP contribution < -0.4 is 4.90 Å². The second-order valence-corrected chi connectivity index (χ2v) is 5.45. The summed E-state index contributed by atoms with van der Waals surface area (Å²) in [4.78, 5) is 15.7. The number of alkyl halides is 1. The zero-order chi connectivity index (χ0) is 12.3. The van der Waals surface area contributed by atoms with Gasteiger partial charge in [-0.15, -0.1) is 21.8 Å². The fraction of sp³-hybridized carbons (Fsp3) is 0.700. The molecule has 0 N–H and O–H groups in total. The molecule has 2 heterocycles. The van der Waals surface area contributed by atoms with Crippen LogP contribution in [0.4, 0.5) is 5.13 Å². The average molecular weight is 275 g/mol. The third kappa shape index (κ3) is 3.07. The van der Waals surface area contributed by atoms with E-state index in [0.717, 1.165) is 36.3 Å². The lowest BCUT2D eigenvalue weighted by Crippen LogP contribution is -2.48. The third-order valence-electron chi connectivity index (χ3n) is 2.73. The first kappa shape index (κ1) is 12.6. The number of halogens is 1. The van der Waals surface area contributed by atoms with Crippen molar-refractivity contribution in [3.8, 4) is 0 Å². The van der Waals surface area contributed by atoms with E-state index in [4.69, 9.17) is 11.6 Å². The fourth-order valence-electron chi connectivity index (χ4n) is 1.80. The highest BCUT2D eigenvalue weighted by atomic mass is 35.5. The number of anilines is 1. The second kappa shape index (κ2) is 5.64. The predicted octanol–water partition coefficient (Wildman–Crippen LogP) is 1.12. The Balaban J connectivity index is 1.88. The van der Waals surface area contributed by atoms with Gasteiger partial charge in [0.25, 0.3) is 0 Å². The Morgan fingerprint density at radius 1 is 1.35 bits per heavy atom. The van der Waals surface area contributed by atoms with Crippen molar-refractivity contribution < 1.29 is 4.79 Å². The zero-order valence-electron chi connectivity index (χ0n) is 9.73. The fourth-order valence-corrected chi connectivity index (χ4v) is 2.70. The van der Waals surface area contributed by atoms with E-state index in [1.165, 1.54) is 0 Å². The Kier molecular flexibility index (Phi) is 4.17. The quantitative estimate of drug-likeness (QED) is 0.775. The Morgan fingerprint density at radius 2 is 2.06 bits per heavy atom. The van der Waals surface area contributed by atoms with Gasteiger partial charge < -0.3 is 9.80 Å². The monoisotopic (exact) mass is 274 g/mol. The Morgan fingerprint density at radius 3 is 2.59 bits per heavy atom. The number of rotatable bonds is 3. The summed E-state index contributed by atoms with van der Waals surface area (Å²) in [5.41, 5.74) is 0. The Bertz CT molecular complexity index is 389. The molecule has 0 unspecified atom stereocenters. The van der Waals surface area contributed by atoms with Crippen molar-refractivity contribution in [3.05, 3.63) is 5.01 Å². The molecule has 0 bridgehead atoms. The van der Waals surface area contributed by atoms with Gasteiger partial charge in [0.2, 0.25) is 11.0 Å². The molecule has 0 spiro atoms. The molecule has 17 heavy (non-hydrogen) atoms. The van der Waals surface area contributed by atoms with Crippen LogP contribution in [-0.2, 0) is 4.79 Å². The average Bonchev–Trinajstić information content (AvgIpc) is 2.76. The van der Waals surface area contributed by atoms with Crippen LogP contribution in [0.5, 0.6) is 0 Å². The summed E-state index contributed by atoms with van der Waals surface area (Å²) in [6.45, 7) is 5.08. The van der Waals surface area contributed by atoms with Gasteiger partial charge in [0, 0.05) is 38.5 Å². The largest absolute Gasteiger partial charge is 0.343 e. The molecule has 94 valence electrons. The van der Waals surface area contributed by atoms with Gasteiger partial charge in [-0.3, -0.25) is 4.79 Å². The molecule has 0 aromatic carbocycles. The maximum absolute atomic E-state index is 11.6. The maximum atomic E-state index is 11.6. The molecular weight excluding hydrogens is 260 g/mol. The lowest BCUT2D eigenvalue weighted by atomic mass is 10.3. The van der Waals surface area contributed by atoms with Gasteiger partial charge in [-0.2, -0.15) is 0 Å². The molecule has 1 saturated heterocycles. The van der Waals surface area contributed by atoms with Crippen molar-refractivity contribution in [1.29, 1.82) is 0 Å². The SMILES string of the molecule is Cc1nnc(N2CCN(C(=O)CCCl)CC2)s1. The summed E-state index contributed by atoms with van der Waals surface area (Å²) in [5, 5.41) is 10.0. The van der Waals surface area contributed by atoms with E-state index in [9.17, 15) is 4.79 Å². The molecule has 1 amide bonds. The maximum Gasteiger partial charge on any atom is 0.223 e. The van der Waals surface area contributed by atoms with Crippen LogP contribution in [0.15, 0.2) is 0 Å². The first-order valence-electron chi connectivity index (χ1n) is 5.59. The van der Waals surface area contributed by atoms with Crippen molar-refractivity contribution in [1.82, 2.24) is 15.1 Å². The first-order chi connectivity index (χ1) is 8.20. The summed E-state index contributed by atoms with van der Waals surface area (Å²) in [7, 11) is 0. The minimum absolute atomic E-state index is 0.146. The van der Waals surface area contributed by atoms with E-state index in [1.54, 1.807) is 11.3 Å². The van der Waals surface area contributed by atoms with Crippen molar-refractivity contribution in [2.75, 3.05) is 37.0 Å². The van der Waals surface area contributed by atoms with Crippen LogP contribution in [0.2, 0.25) is 0 Å². The lowest BCUT2D eigenvalue weighted by Gasteiger charge is -2.34. The van der Waals surface area contributed by atoms with Gasteiger partial charge >= 0.3 is 0 Å². The molecule has 1 aliphatic rings. The predicted molar refractivity (Wildman–Crippen MR) is 68.8 cm³/mol. The van der Waals surface area contributed by atoms with E-state index in [2.05, 4.69) is 15.1 Å². The number of nitrogens with zero attached hydrogens (tertiary/aromatic N) is 4. The molecule has 1 aromatic heterocycles. The molecule has 0 saturated carbocycles. The lowest BCUT2D eigenvalue weighted by molar-refractivity contribution is -0.131. The topological polar surface area (TPSA) is 49.3 Å². The Labute approximate surface area is 109 Å². The number of amides is 1. The van der Waals surface area contributed by atoms with E-state index >= 15 is 0 Å². The van der Waals surface area contributed by atoms with Gasteiger partial charge in [0.1, 0.15) is 5.01 Å². The van der Waals surface area contributed by atoms with Crippen molar-refractivity contribution in [2.45, 2.75) is 13.3 Å². The van der Waals surface area contributed by atoms with Gasteiger partial charge in [-0.1, -0.05) is 11.3 Å². The third-order valence-corrected chi connectivity index (χ3v) is 3.82. The summed E-state index contributed by atoms with van der Waals surface area (Å²) in [6.07, 6.45) is 0.430. The van der Waals surface area contributed by atoms with Crippen LogP contribution in [0.1, 0.15) is 11.4 Å². The summed E-state index contributed by atoms with van der Waals surface area (Å²) in [6, 6.07) is 0. The molecule has 2 rings (SSSR count). The molecule has 1 fully saturated rings. The number of aromatic nitrogens is 2. The van der Waals surface area contributed by atoms with Crippen LogP contribution >= 0.6 is 22.9 Å². The number of hydrogen-bond donors (Lipinski definition) is 0. The first-order valence-corrected chi connectivity index (χ1v) is 6.94. The number of hydrogen-bond acceptors (Lipinski definition) is 5. The van der Waals surface area contributed by atoms with Crippen molar-refractivity contribution in [3.63, 3.8) is 0 Å². The van der Waals surface area contributed by atoms with Gasteiger partial charge in [0.05, 0.1) is 0 Å². The van der Waals surface area contributed by atoms with Crippen LogP contribution in [0.25, 0.3) is 0 Å². The molecular formula is C10H15ClN4OS. The summed E-state index contributed by atoms with van der Waals surface area (Å²) >= 11 is 7.16. The molecule has 7 heteroatoms.